The average molecular weight is 453 g/mol. The fourth-order valence-electron chi connectivity index (χ4n) is 3.70. The Bertz CT molecular complexity index is 1120. The molecule has 0 aliphatic carbocycles. The quantitative estimate of drug-likeness (QED) is 0.478. The van der Waals surface area contributed by atoms with Gasteiger partial charge in [-0.2, -0.15) is 4.98 Å². The molecule has 31 heavy (non-hydrogen) atoms. The average Bonchev–Trinajstić information content (AvgIpc) is 3.21. The summed E-state index contributed by atoms with van der Waals surface area (Å²) in [5.41, 5.74) is 5.06. The normalized spacial score (nSPS) is 16.8. The van der Waals surface area contributed by atoms with E-state index in [1.54, 1.807) is 0 Å². The van der Waals surface area contributed by atoms with Crippen LogP contribution in [-0.2, 0) is 0 Å². The van der Waals surface area contributed by atoms with Gasteiger partial charge < -0.3 is 14.7 Å². The molecule has 2 heterocycles. The lowest BCUT2D eigenvalue weighted by Crippen LogP contribution is -2.47. The van der Waals surface area contributed by atoms with E-state index in [9.17, 15) is 0 Å². The van der Waals surface area contributed by atoms with Crippen LogP contribution < -0.4 is 5.32 Å². The molecule has 4 rings (SSSR count). The number of nitrogens with zero attached hydrogens (tertiary/aromatic N) is 3. The van der Waals surface area contributed by atoms with Crippen molar-refractivity contribution >= 4 is 34.5 Å². The zero-order chi connectivity index (χ0) is 22.1. The van der Waals surface area contributed by atoms with Crippen molar-refractivity contribution < 1.29 is 4.52 Å². The van der Waals surface area contributed by atoms with Gasteiger partial charge in [0.25, 0.3) is 5.89 Å². The van der Waals surface area contributed by atoms with Crippen LogP contribution in [-0.4, -0.2) is 26.7 Å². The van der Waals surface area contributed by atoms with Crippen LogP contribution in [0, 0.1) is 12.8 Å². The van der Waals surface area contributed by atoms with Crippen LogP contribution in [0.15, 0.2) is 58.8 Å². The number of thiocarbonyl (C=S) groups is 1. The van der Waals surface area contributed by atoms with Crippen molar-refractivity contribution in [3.8, 4) is 11.4 Å². The molecule has 7 heteroatoms. The van der Waals surface area contributed by atoms with Crippen LogP contribution >= 0.6 is 23.8 Å². The molecule has 1 unspecified atom stereocenters. The first-order chi connectivity index (χ1) is 14.8. The molecule has 1 atom stereocenters. The van der Waals surface area contributed by atoms with Gasteiger partial charge in [0.1, 0.15) is 0 Å². The summed E-state index contributed by atoms with van der Waals surface area (Å²) in [4.78, 5) is 6.85. The van der Waals surface area contributed by atoms with Crippen LogP contribution in [0.2, 0.25) is 5.02 Å². The monoisotopic (exact) mass is 452 g/mol. The van der Waals surface area contributed by atoms with E-state index in [-0.39, 0.29) is 6.04 Å². The lowest BCUT2D eigenvalue weighted by Gasteiger charge is -2.38. The molecule has 0 radical (unpaired) electrons. The molecule has 0 amide bonds. The zero-order valence-corrected chi connectivity index (χ0v) is 19.6. The Morgan fingerprint density at radius 1 is 1.10 bits per heavy atom. The van der Waals surface area contributed by atoms with Crippen LogP contribution in [0.3, 0.4) is 0 Å². The molecule has 2 aromatic carbocycles. The van der Waals surface area contributed by atoms with Gasteiger partial charge in [-0.05, 0) is 49.7 Å². The number of hydrogen-bond acceptors (Lipinski definition) is 4. The van der Waals surface area contributed by atoms with Gasteiger partial charge in [0.15, 0.2) is 5.11 Å². The lowest BCUT2D eigenvalue weighted by atomic mass is 9.94. The molecule has 0 bridgehead atoms. The molecule has 3 aromatic rings. The maximum Gasteiger partial charge on any atom is 0.258 e. The third-order valence-electron chi connectivity index (χ3n) is 5.31. The molecule has 0 spiro atoms. The summed E-state index contributed by atoms with van der Waals surface area (Å²) in [7, 11) is 0. The second-order valence-electron chi connectivity index (χ2n) is 8.23. The summed E-state index contributed by atoms with van der Waals surface area (Å²) >= 11 is 11.8. The van der Waals surface area contributed by atoms with Gasteiger partial charge in [-0.3, -0.25) is 0 Å². The first-order valence-corrected chi connectivity index (χ1v) is 11.1. The van der Waals surface area contributed by atoms with Gasteiger partial charge in [0, 0.05) is 22.8 Å². The van der Waals surface area contributed by atoms with Gasteiger partial charge in [0.2, 0.25) is 5.82 Å². The topological polar surface area (TPSA) is 54.2 Å². The number of allylic oxidation sites excluding steroid dienone is 1. The predicted molar refractivity (Wildman–Crippen MR) is 129 cm³/mol. The number of nitrogens with one attached hydrogen (secondary N) is 1. The number of benzene rings is 2. The minimum atomic E-state index is -0.209. The Hall–Kier alpha value is -2.70. The molecule has 1 N–H and O–H groups in total. The van der Waals surface area contributed by atoms with Crippen LogP contribution in [0.4, 0.5) is 0 Å². The smallest absolute Gasteiger partial charge is 0.258 e. The molecule has 0 saturated heterocycles. The summed E-state index contributed by atoms with van der Waals surface area (Å²) in [6, 6.07) is 15.6. The van der Waals surface area contributed by atoms with Gasteiger partial charge in [-0.1, -0.05) is 72.6 Å². The van der Waals surface area contributed by atoms with E-state index in [2.05, 4.69) is 43.1 Å². The van der Waals surface area contributed by atoms with Crippen molar-refractivity contribution in [3.63, 3.8) is 0 Å². The highest BCUT2D eigenvalue weighted by molar-refractivity contribution is 7.80. The maximum atomic E-state index is 6.12. The Kier molecular flexibility index (Phi) is 6.12. The maximum absolute atomic E-state index is 6.12. The molecular formula is C24H25ClN4OS. The minimum absolute atomic E-state index is 0.209. The SMILES string of the molecule is CC1=C(c2nc(-c3ccc(C)cc3)no2)C(c2ccc(Cl)cc2)NC(=S)N1CC(C)C. The summed E-state index contributed by atoms with van der Waals surface area (Å²) in [6.07, 6.45) is 0. The van der Waals surface area contributed by atoms with Crippen molar-refractivity contribution in [2.24, 2.45) is 5.92 Å². The molecule has 1 aromatic heterocycles. The molecule has 5 nitrogen and oxygen atoms in total. The van der Waals surface area contributed by atoms with Gasteiger partial charge in [-0.25, -0.2) is 0 Å². The highest BCUT2D eigenvalue weighted by atomic mass is 35.5. The number of rotatable bonds is 5. The highest BCUT2D eigenvalue weighted by Gasteiger charge is 2.34. The zero-order valence-electron chi connectivity index (χ0n) is 18.0. The van der Waals surface area contributed by atoms with Crippen molar-refractivity contribution in [2.45, 2.75) is 33.7 Å². The largest absolute Gasteiger partial charge is 0.351 e. The van der Waals surface area contributed by atoms with Crippen molar-refractivity contribution in [1.29, 1.82) is 0 Å². The molecule has 160 valence electrons. The van der Waals surface area contributed by atoms with Gasteiger partial charge >= 0.3 is 0 Å². The highest BCUT2D eigenvalue weighted by Crippen LogP contribution is 2.38. The van der Waals surface area contributed by atoms with Crippen molar-refractivity contribution in [1.82, 2.24) is 20.4 Å². The summed E-state index contributed by atoms with van der Waals surface area (Å²) in [6.45, 7) is 9.25. The van der Waals surface area contributed by atoms with Crippen molar-refractivity contribution in [3.05, 3.63) is 76.3 Å². The van der Waals surface area contributed by atoms with Crippen LogP contribution in [0.1, 0.15) is 43.8 Å². The second-order valence-corrected chi connectivity index (χ2v) is 9.05. The fourth-order valence-corrected chi connectivity index (χ4v) is 4.16. The van der Waals surface area contributed by atoms with Crippen LogP contribution in [0.25, 0.3) is 17.0 Å². The number of halogens is 1. The molecule has 0 fully saturated rings. The summed E-state index contributed by atoms with van der Waals surface area (Å²) < 4.78 is 5.77. The lowest BCUT2D eigenvalue weighted by molar-refractivity contribution is 0.386. The van der Waals surface area contributed by atoms with Gasteiger partial charge in [0.05, 0.1) is 11.6 Å². The van der Waals surface area contributed by atoms with E-state index in [0.29, 0.717) is 27.8 Å². The molecular weight excluding hydrogens is 428 g/mol. The molecule has 0 saturated carbocycles. The Morgan fingerprint density at radius 2 is 1.77 bits per heavy atom. The third-order valence-corrected chi connectivity index (χ3v) is 5.90. The van der Waals surface area contributed by atoms with Crippen molar-refractivity contribution in [2.75, 3.05) is 6.54 Å². The first kappa shape index (κ1) is 21.5. The van der Waals surface area contributed by atoms with E-state index >= 15 is 0 Å². The van der Waals surface area contributed by atoms with E-state index in [1.165, 1.54) is 5.56 Å². The Morgan fingerprint density at radius 3 is 2.42 bits per heavy atom. The third kappa shape index (κ3) is 4.50. The second kappa shape index (κ2) is 8.81. The number of aryl methyl sites for hydroxylation is 1. The van der Waals surface area contributed by atoms with E-state index in [4.69, 9.17) is 33.3 Å². The fraction of sp³-hybridized carbons (Fsp3) is 0.292. The standard InChI is InChI=1S/C24H25ClN4OS/c1-14(2)13-29-16(4)20(21(26-24(29)31)17-9-11-19(25)12-10-17)23-27-22(28-30-23)18-7-5-15(3)6-8-18/h5-12,14,21H,13H2,1-4H3,(H,26,31). The van der Waals surface area contributed by atoms with Crippen LogP contribution in [0.5, 0.6) is 0 Å². The minimum Gasteiger partial charge on any atom is -0.351 e. The summed E-state index contributed by atoms with van der Waals surface area (Å²) in [5.74, 6) is 1.49. The Balaban J connectivity index is 1.80. The first-order valence-electron chi connectivity index (χ1n) is 10.3. The number of hydrogen-bond donors (Lipinski definition) is 1. The number of aromatic nitrogens is 2. The van der Waals surface area contributed by atoms with E-state index in [1.807, 2.05) is 48.5 Å². The Labute approximate surface area is 193 Å². The van der Waals surface area contributed by atoms with E-state index in [0.717, 1.165) is 28.9 Å². The van der Waals surface area contributed by atoms with Gasteiger partial charge in [-0.15, -0.1) is 0 Å². The molecule has 1 aliphatic rings. The van der Waals surface area contributed by atoms with E-state index < -0.39 is 0 Å². The summed E-state index contributed by atoms with van der Waals surface area (Å²) in [5, 5.41) is 9.10. The molecule has 1 aliphatic heterocycles. The predicted octanol–water partition coefficient (Wildman–Crippen LogP) is 6.02.